The van der Waals surface area contributed by atoms with Gasteiger partial charge >= 0.3 is 0 Å². The molecule has 0 saturated carbocycles. The molecule has 180 valence electrons. The molecule has 0 fully saturated rings. The van der Waals surface area contributed by atoms with Crippen molar-refractivity contribution in [2.24, 2.45) is 0 Å². The van der Waals surface area contributed by atoms with Crippen molar-refractivity contribution in [2.45, 2.75) is 32.1 Å². The molecule has 0 saturated heterocycles. The highest BCUT2D eigenvalue weighted by molar-refractivity contribution is 6.60. The summed E-state index contributed by atoms with van der Waals surface area (Å²) in [5.74, 6) is 0.233. The van der Waals surface area contributed by atoms with E-state index in [-0.39, 0.29) is 41.8 Å². The van der Waals surface area contributed by atoms with Gasteiger partial charge in [0.1, 0.15) is 12.4 Å². The molecule has 11 nitrogen and oxygen atoms in total. The molecule has 0 atom stereocenters. The lowest BCUT2D eigenvalue weighted by molar-refractivity contribution is -0.115. The lowest BCUT2D eigenvalue weighted by atomic mass is 9.49. The Labute approximate surface area is 212 Å². The van der Waals surface area contributed by atoms with E-state index >= 15 is 0 Å². The average Bonchev–Trinajstić information content (AvgIpc) is 3.30. The number of hydrogen-bond donors (Lipinski definition) is 3. The molecule has 3 N–H and O–H groups in total. The zero-order valence-corrected chi connectivity index (χ0v) is 20.1. The largest absolute Gasteiger partial charge is 0.494 e. The van der Waals surface area contributed by atoms with Crippen LogP contribution in [0.5, 0.6) is 5.75 Å². The van der Waals surface area contributed by atoms with E-state index in [2.05, 4.69) is 31.1 Å². The number of nitrogens with one attached hydrogen (secondary N) is 3. The SMILES string of the molecule is [B]C([B])([B])NC(=O)c1cnc(NC(=O)CC)cc1Nc1cccc(-c2noc(COCC)n2)c1OC. The molecule has 2 heterocycles. The maximum atomic E-state index is 12.8. The number of ether oxygens (including phenoxy) is 2. The third-order valence-electron chi connectivity index (χ3n) is 4.69. The maximum Gasteiger partial charge on any atom is 0.253 e. The summed E-state index contributed by atoms with van der Waals surface area (Å²) in [5, 5.41) is 10.1. The van der Waals surface area contributed by atoms with Crippen LogP contribution in [0.2, 0.25) is 0 Å². The second kappa shape index (κ2) is 11.8. The van der Waals surface area contributed by atoms with E-state index in [1.165, 1.54) is 19.4 Å². The predicted octanol–water partition coefficient (Wildman–Crippen LogP) is 1.62. The van der Waals surface area contributed by atoms with E-state index < -0.39 is 11.1 Å². The van der Waals surface area contributed by atoms with Crippen LogP contribution in [0.25, 0.3) is 11.4 Å². The van der Waals surface area contributed by atoms with Crippen molar-refractivity contribution in [3.8, 4) is 17.1 Å². The minimum atomic E-state index is -1.96. The molecule has 0 unspecified atom stereocenters. The van der Waals surface area contributed by atoms with Crippen LogP contribution in [0.1, 0.15) is 36.5 Å². The van der Waals surface area contributed by atoms with Crippen LogP contribution < -0.4 is 20.7 Å². The number of para-hydroxylation sites is 1. The van der Waals surface area contributed by atoms with Gasteiger partial charge in [0.2, 0.25) is 11.7 Å². The lowest BCUT2D eigenvalue weighted by Gasteiger charge is -2.23. The van der Waals surface area contributed by atoms with Gasteiger partial charge in [-0.05, 0) is 19.1 Å². The number of amides is 2. The monoisotopic (exact) mass is 484 g/mol. The van der Waals surface area contributed by atoms with Crippen molar-refractivity contribution in [1.82, 2.24) is 20.4 Å². The first kappa shape index (κ1) is 26.8. The van der Waals surface area contributed by atoms with Crippen molar-refractivity contribution in [3.63, 3.8) is 0 Å². The smallest absolute Gasteiger partial charge is 0.253 e. The summed E-state index contributed by atoms with van der Waals surface area (Å²) < 4.78 is 16.2. The summed E-state index contributed by atoms with van der Waals surface area (Å²) in [7, 11) is 18.1. The summed E-state index contributed by atoms with van der Waals surface area (Å²) >= 11 is 0. The van der Waals surface area contributed by atoms with Gasteiger partial charge in [0, 0.05) is 25.3 Å². The Morgan fingerprint density at radius 1 is 1.17 bits per heavy atom. The van der Waals surface area contributed by atoms with Gasteiger partial charge in [-0.3, -0.25) is 9.59 Å². The van der Waals surface area contributed by atoms with E-state index in [0.29, 0.717) is 29.5 Å². The molecular formula is C22H23B3N6O5. The lowest BCUT2D eigenvalue weighted by Crippen LogP contribution is -2.50. The topological polar surface area (TPSA) is 140 Å². The molecule has 3 aromatic rings. The molecule has 0 spiro atoms. The number of anilines is 3. The van der Waals surface area contributed by atoms with Gasteiger partial charge in [0.15, 0.2) is 5.75 Å². The fraction of sp³-hybridized carbons (Fsp3) is 0.318. The highest BCUT2D eigenvalue weighted by Gasteiger charge is 2.21. The van der Waals surface area contributed by atoms with Crippen LogP contribution >= 0.6 is 0 Å². The van der Waals surface area contributed by atoms with Crippen molar-refractivity contribution in [1.29, 1.82) is 0 Å². The zero-order chi connectivity index (χ0) is 26.3. The number of hydrogen-bond acceptors (Lipinski definition) is 9. The van der Waals surface area contributed by atoms with Gasteiger partial charge in [-0.1, -0.05) is 23.4 Å². The van der Waals surface area contributed by atoms with E-state index in [4.69, 9.17) is 37.5 Å². The molecule has 14 heteroatoms. The maximum absolute atomic E-state index is 12.8. The summed E-state index contributed by atoms with van der Waals surface area (Å²) in [4.78, 5) is 33.1. The van der Waals surface area contributed by atoms with Crippen LogP contribution in [0.4, 0.5) is 17.2 Å². The average molecular weight is 484 g/mol. The molecule has 1 aromatic carbocycles. The van der Waals surface area contributed by atoms with E-state index in [9.17, 15) is 9.59 Å². The van der Waals surface area contributed by atoms with E-state index in [1.807, 2.05) is 6.92 Å². The summed E-state index contributed by atoms with van der Waals surface area (Å²) in [5.41, 5.74) is 1.30. The number of carbonyl (C=O) groups is 2. The van der Waals surface area contributed by atoms with Crippen LogP contribution in [-0.2, 0) is 16.1 Å². The number of methoxy groups -OCH3 is 1. The highest BCUT2D eigenvalue weighted by atomic mass is 16.5. The van der Waals surface area contributed by atoms with Crippen LogP contribution in [0.3, 0.4) is 0 Å². The van der Waals surface area contributed by atoms with Crippen molar-refractivity contribution in [2.75, 3.05) is 24.4 Å². The molecule has 0 bridgehead atoms. The number of benzene rings is 1. The Hall–Kier alpha value is -3.80. The Balaban J connectivity index is 2.01. The molecule has 3 rings (SSSR count). The molecule has 0 aliphatic heterocycles. The normalized spacial score (nSPS) is 11.1. The molecule has 0 aliphatic carbocycles. The summed E-state index contributed by atoms with van der Waals surface area (Å²) in [6.45, 7) is 4.24. The summed E-state index contributed by atoms with van der Waals surface area (Å²) in [6, 6.07) is 6.69. The number of aromatic nitrogens is 3. The first-order valence-electron chi connectivity index (χ1n) is 11.0. The molecule has 2 amide bonds. The van der Waals surface area contributed by atoms with Crippen LogP contribution in [0.15, 0.2) is 35.0 Å². The van der Waals surface area contributed by atoms with Crippen LogP contribution in [0, 0.1) is 0 Å². The second-order valence-corrected chi connectivity index (χ2v) is 7.56. The Morgan fingerprint density at radius 3 is 2.61 bits per heavy atom. The van der Waals surface area contributed by atoms with Crippen molar-refractivity contribution in [3.05, 3.63) is 41.9 Å². The molecule has 36 heavy (non-hydrogen) atoms. The van der Waals surface area contributed by atoms with Crippen molar-refractivity contribution >= 4 is 52.5 Å². The standard InChI is InChI=1S/C22H23B3N6O5/c1-4-17(32)28-16-9-15(13(10-26-16)21(33)30-22(23,24)25)27-14-8-6-7-12(19(14)34-3)20-29-18(36-31-20)11-35-5-2/h6-10H,4-5,11H2,1-3H3,(H,30,33)(H2,26,27,28,32). The Bertz CT molecular complexity index is 1230. The predicted molar refractivity (Wildman–Crippen MR) is 136 cm³/mol. The minimum Gasteiger partial charge on any atom is -0.494 e. The molecule has 2 aromatic heterocycles. The second-order valence-electron chi connectivity index (χ2n) is 7.56. The summed E-state index contributed by atoms with van der Waals surface area (Å²) in [6.07, 6.45) is 1.50. The first-order chi connectivity index (χ1) is 17.1. The molecule has 6 radical (unpaired) electrons. The molecular weight excluding hydrogens is 461 g/mol. The first-order valence-corrected chi connectivity index (χ1v) is 11.0. The molecule has 0 aliphatic rings. The minimum absolute atomic E-state index is 0.0567. The van der Waals surface area contributed by atoms with Crippen LogP contribution in [-0.4, -0.2) is 69.4 Å². The quantitative estimate of drug-likeness (QED) is 0.347. The van der Waals surface area contributed by atoms with Gasteiger partial charge in [-0.25, -0.2) is 4.98 Å². The van der Waals surface area contributed by atoms with E-state index in [1.54, 1.807) is 25.1 Å². The van der Waals surface area contributed by atoms with Gasteiger partial charge in [0.05, 0.1) is 53.2 Å². The Morgan fingerprint density at radius 2 is 1.94 bits per heavy atom. The third-order valence-corrected chi connectivity index (χ3v) is 4.69. The number of carbonyl (C=O) groups excluding carboxylic acids is 2. The van der Waals surface area contributed by atoms with E-state index in [0.717, 1.165) is 0 Å². The highest BCUT2D eigenvalue weighted by Crippen LogP contribution is 2.37. The Kier molecular flexibility index (Phi) is 8.75. The van der Waals surface area contributed by atoms with Gasteiger partial charge < -0.3 is 29.9 Å². The number of pyridine rings is 1. The van der Waals surface area contributed by atoms with Gasteiger partial charge in [-0.15, -0.1) is 0 Å². The fourth-order valence-corrected chi connectivity index (χ4v) is 3.09. The number of rotatable bonds is 11. The fourth-order valence-electron chi connectivity index (χ4n) is 3.09. The van der Waals surface area contributed by atoms with Gasteiger partial charge in [-0.2, -0.15) is 4.98 Å². The third kappa shape index (κ3) is 6.88. The number of nitrogens with zero attached hydrogens (tertiary/aromatic N) is 3. The zero-order valence-electron chi connectivity index (χ0n) is 20.1. The van der Waals surface area contributed by atoms with Gasteiger partial charge in [0.25, 0.3) is 11.8 Å². The van der Waals surface area contributed by atoms with Crippen molar-refractivity contribution < 1.29 is 23.6 Å².